The fraction of sp³-hybridized carbons (Fsp3) is 0.0769. The van der Waals surface area contributed by atoms with Crippen molar-refractivity contribution in [2.75, 3.05) is 5.32 Å². The average molecular weight is 435 g/mol. The molecular formula is C26H21N5O2. The molecule has 0 radical (unpaired) electrons. The summed E-state index contributed by atoms with van der Waals surface area (Å²) in [6.07, 6.45) is 3.45. The Morgan fingerprint density at radius 3 is 2.58 bits per heavy atom. The summed E-state index contributed by atoms with van der Waals surface area (Å²) in [5, 5.41) is 12.6. The topological polar surface area (TPSA) is 92.9 Å². The van der Waals surface area contributed by atoms with Gasteiger partial charge in [-0.25, -0.2) is 14.8 Å². The SMILES string of the molecule is C[C@H](Nc1nccc(-n2cnc3cc(-c4cccc(C(=O)O)c4)ccc32)n1)c1ccccc1. The summed E-state index contributed by atoms with van der Waals surface area (Å²) in [6, 6.07) is 24.8. The molecule has 0 saturated carbocycles. The summed E-state index contributed by atoms with van der Waals surface area (Å²) in [7, 11) is 0. The molecule has 1 atom stereocenters. The number of carbonyl (C=O) groups is 1. The second-order valence-corrected chi connectivity index (χ2v) is 7.72. The number of nitrogens with one attached hydrogen (secondary N) is 1. The molecule has 0 aliphatic heterocycles. The Hall–Kier alpha value is -4.52. The van der Waals surface area contributed by atoms with E-state index in [1.165, 1.54) is 0 Å². The molecule has 0 amide bonds. The molecule has 0 saturated heterocycles. The second-order valence-electron chi connectivity index (χ2n) is 7.72. The van der Waals surface area contributed by atoms with Crippen molar-refractivity contribution >= 4 is 23.0 Å². The third-order valence-electron chi connectivity index (χ3n) is 5.52. The molecule has 5 aromatic rings. The maximum Gasteiger partial charge on any atom is 0.335 e. The van der Waals surface area contributed by atoms with Gasteiger partial charge in [-0.1, -0.05) is 48.5 Å². The van der Waals surface area contributed by atoms with Gasteiger partial charge in [-0.3, -0.25) is 4.57 Å². The van der Waals surface area contributed by atoms with E-state index in [1.54, 1.807) is 30.7 Å². The maximum atomic E-state index is 11.3. The van der Waals surface area contributed by atoms with E-state index in [-0.39, 0.29) is 11.6 Å². The molecule has 0 aliphatic rings. The van der Waals surface area contributed by atoms with Gasteiger partial charge in [0.25, 0.3) is 0 Å². The maximum absolute atomic E-state index is 11.3. The van der Waals surface area contributed by atoms with E-state index in [1.807, 2.05) is 53.1 Å². The lowest BCUT2D eigenvalue weighted by atomic mass is 10.0. The third kappa shape index (κ3) is 4.16. The highest BCUT2D eigenvalue weighted by molar-refractivity contribution is 5.90. The van der Waals surface area contributed by atoms with Gasteiger partial charge in [0, 0.05) is 6.20 Å². The van der Waals surface area contributed by atoms with Gasteiger partial charge in [0.2, 0.25) is 5.95 Å². The zero-order chi connectivity index (χ0) is 22.8. The van der Waals surface area contributed by atoms with Crippen molar-refractivity contribution in [2.24, 2.45) is 0 Å². The van der Waals surface area contributed by atoms with Crippen LogP contribution in [0, 0.1) is 0 Å². The number of aromatic nitrogens is 4. The van der Waals surface area contributed by atoms with E-state index in [4.69, 9.17) is 0 Å². The summed E-state index contributed by atoms with van der Waals surface area (Å²) in [5.41, 5.74) is 4.82. The standard InChI is InChI=1S/C26H21N5O2/c1-17(18-6-3-2-4-7-18)29-26-27-13-12-24(30-26)31-16-28-22-15-20(10-11-23(22)31)19-8-5-9-21(14-19)25(32)33/h2-17H,1H3,(H,32,33)(H,27,29,30)/t17-/m0/s1. The molecule has 7 nitrogen and oxygen atoms in total. The Labute approximate surface area is 190 Å². The first-order chi connectivity index (χ1) is 16.1. The highest BCUT2D eigenvalue weighted by atomic mass is 16.4. The normalized spacial score (nSPS) is 11.9. The fourth-order valence-electron chi connectivity index (χ4n) is 3.78. The van der Waals surface area contributed by atoms with E-state index < -0.39 is 5.97 Å². The summed E-state index contributed by atoms with van der Waals surface area (Å²) in [4.78, 5) is 24.9. The van der Waals surface area contributed by atoms with Crippen LogP contribution in [-0.4, -0.2) is 30.6 Å². The minimum atomic E-state index is -0.947. The van der Waals surface area contributed by atoms with Crippen molar-refractivity contribution in [3.8, 4) is 16.9 Å². The number of nitrogens with zero attached hydrogens (tertiary/aromatic N) is 4. The quantitative estimate of drug-likeness (QED) is 0.373. The van der Waals surface area contributed by atoms with E-state index in [2.05, 4.69) is 39.3 Å². The number of imidazole rings is 1. The Morgan fingerprint density at radius 1 is 0.939 bits per heavy atom. The Kier molecular flexibility index (Phi) is 5.28. The van der Waals surface area contributed by atoms with Crippen LogP contribution in [-0.2, 0) is 0 Å². The van der Waals surface area contributed by atoms with E-state index in [9.17, 15) is 9.90 Å². The fourth-order valence-corrected chi connectivity index (χ4v) is 3.78. The summed E-state index contributed by atoms with van der Waals surface area (Å²) < 4.78 is 1.91. The van der Waals surface area contributed by atoms with Crippen LogP contribution >= 0.6 is 0 Å². The van der Waals surface area contributed by atoms with Crippen molar-refractivity contribution in [3.63, 3.8) is 0 Å². The van der Waals surface area contributed by atoms with Gasteiger partial charge in [-0.05, 0) is 53.9 Å². The van der Waals surface area contributed by atoms with Crippen LogP contribution < -0.4 is 5.32 Å². The monoisotopic (exact) mass is 435 g/mol. The number of anilines is 1. The van der Waals surface area contributed by atoms with Crippen LogP contribution in [0.15, 0.2) is 91.4 Å². The Morgan fingerprint density at radius 2 is 1.76 bits per heavy atom. The molecule has 2 N–H and O–H groups in total. The van der Waals surface area contributed by atoms with E-state index in [0.717, 1.165) is 27.7 Å². The van der Waals surface area contributed by atoms with Crippen LogP contribution in [0.4, 0.5) is 5.95 Å². The number of benzene rings is 3. The highest BCUT2D eigenvalue weighted by Crippen LogP contribution is 2.26. The molecular weight excluding hydrogens is 414 g/mol. The molecule has 162 valence electrons. The van der Waals surface area contributed by atoms with Crippen molar-refractivity contribution in [3.05, 3.63) is 103 Å². The first-order valence-electron chi connectivity index (χ1n) is 10.5. The van der Waals surface area contributed by atoms with Crippen molar-refractivity contribution in [1.29, 1.82) is 0 Å². The summed E-state index contributed by atoms with van der Waals surface area (Å²) >= 11 is 0. The predicted octanol–water partition coefficient (Wildman–Crippen LogP) is 5.35. The Bertz CT molecular complexity index is 1450. The summed E-state index contributed by atoms with van der Waals surface area (Å²) in [5.74, 6) is 0.292. The van der Waals surface area contributed by atoms with E-state index in [0.29, 0.717) is 11.8 Å². The predicted molar refractivity (Wildman–Crippen MR) is 128 cm³/mol. The van der Waals surface area contributed by atoms with Gasteiger partial charge in [0.15, 0.2) is 0 Å². The van der Waals surface area contributed by atoms with Gasteiger partial charge >= 0.3 is 5.97 Å². The zero-order valence-electron chi connectivity index (χ0n) is 17.9. The van der Waals surface area contributed by atoms with Gasteiger partial charge in [0.1, 0.15) is 12.1 Å². The average Bonchev–Trinajstić information content (AvgIpc) is 3.28. The molecule has 2 aromatic heterocycles. The molecule has 33 heavy (non-hydrogen) atoms. The molecule has 0 aliphatic carbocycles. The highest BCUT2D eigenvalue weighted by Gasteiger charge is 2.11. The number of hydrogen-bond acceptors (Lipinski definition) is 5. The van der Waals surface area contributed by atoms with Gasteiger partial charge < -0.3 is 10.4 Å². The van der Waals surface area contributed by atoms with Gasteiger partial charge in [-0.15, -0.1) is 0 Å². The largest absolute Gasteiger partial charge is 0.478 e. The number of rotatable bonds is 6. The van der Waals surface area contributed by atoms with Crippen LogP contribution in [0.3, 0.4) is 0 Å². The lowest BCUT2D eigenvalue weighted by Gasteiger charge is -2.14. The third-order valence-corrected chi connectivity index (χ3v) is 5.52. The minimum absolute atomic E-state index is 0.0603. The second kappa shape index (κ2) is 8.55. The minimum Gasteiger partial charge on any atom is -0.478 e. The van der Waals surface area contributed by atoms with Crippen molar-refractivity contribution in [1.82, 2.24) is 19.5 Å². The lowest BCUT2D eigenvalue weighted by Crippen LogP contribution is -2.10. The number of aromatic carboxylic acids is 1. The molecule has 3 aromatic carbocycles. The molecule has 5 rings (SSSR count). The molecule has 2 heterocycles. The Balaban J connectivity index is 1.44. The van der Waals surface area contributed by atoms with Gasteiger partial charge in [-0.2, -0.15) is 4.98 Å². The number of hydrogen-bond donors (Lipinski definition) is 2. The van der Waals surface area contributed by atoms with Crippen LogP contribution in [0.5, 0.6) is 0 Å². The lowest BCUT2D eigenvalue weighted by molar-refractivity contribution is 0.0697. The molecule has 0 unspecified atom stereocenters. The summed E-state index contributed by atoms with van der Waals surface area (Å²) in [6.45, 7) is 2.07. The van der Waals surface area contributed by atoms with Gasteiger partial charge in [0.05, 0.1) is 22.6 Å². The zero-order valence-corrected chi connectivity index (χ0v) is 17.9. The number of carboxylic acids is 1. The molecule has 0 fully saturated rings. The first kappa shape index (κ1) is 20.4. The van der Waals surface area contributed by atoms with Crippen molar-refractivity contribution in [2.45, 2.75) is 13.0 Å². The van der Waals surface area contributed by atoms with Crippen LogP contribution in [0.1, 0.15) is 28.9 Å². The van der Waals surface area contributed by atoms with Crippen LogP contribution in [0.25, 0.3) is 28.0 Å². The molecule has 0 bridgehead atoms. The molecule has 0 spiro atoms. The number of fused-ring (bicyclic) bond motifs is 1. The van der Waals surface area contributed by atoms with E-state index >= 15 is 0 Å². The smallest absolute Gasteiger partial charge is 0.335 e. The first-order valence-corrected chi connectivity index (χ1v) is 10.5. The van der Waals surface area contributed by atoms with Crippen molar-refractivity contribution < 1.29 is 9.90 Å². The number of carboxylic acid groups (broad SMARTS) is 1. The molecule has 7 heteroatoms. The van der Waals surface area contributed by atoms with Crippen LogP contribution in [0.2, 0.25) is 0 Å².